The molecule has 136 valence electrons. The number of pyridine rings is 1. The number of nitrogens with one attached hydrogen (secondary N) is 1. The molecule has 0 bridgehead atoms. The monoisotopic (exact) mass is 360 g/mol. The van der Waals surface area contributed by atoms with E-state index in [1.165, 1.54) is 39.0 Å². The summed E-state index contributed by atoms with van der Waals surface area (Å²) < 4.78 is 0. The van der Waals surface area contributed by atoms with Crippen molar-refractivity contribution in [3.63, 3.8) is 0 Å². The van der Waals surface area contributed by atoms with Crippen molar-refractivity contribution in [2.45, 2.75) is 32.7 Å². The van der Waals surface area contributed by atoms with Crippen LogP contribution in [-0.2, 0) is 0 Å². The van der Waals surface area contributed by atoms with E-state index in [1.807, 2.05) is 30.5 Å². The van der Waals surface area contributed by atoms with E-state index in [9.17, 15) is 0 Å². The minimum absolute atomic E-state index is 0.730. The average Bonchev–Trinajstić information content (AvgIpc) is 2.64. The van der Waals surface area contributed by atoms with E-state index in [-0.39, 0.29) is 0 Å². The van der Waals surface area contributed by atoms with Crippen molar-refractivity contribution in [1.82, 2.24) is 14.8 Å². The molecule has 2 heterocycles. The van der Waals surface area contributed by atoms with Crippen LogP contribution in [0.4, 0.5) is 5.69 Å². The molecule has 0 aliphatic carbocycles. The van der Waals surface area contributed by atoms with Crippen LogP contribution in [0, 0.1) is 0 Å². The highest BCUT2D eigenvalue weighted by Crippen LogP contribution is 2.24. The van der Waals surface area contributed by atoms with Crippen LogP contribution < -0.4 is 5.32 Å². The van der Waals surface area contributed by atoms with Crippen LogP contribution in [-0.4, -0.2) is 60.1 Å². The highest BCUT2D eigenvalue weighted by molar-refractivity contribution is 6.31. The van der Waals surface area contributed by atoms with E-state index in [4.69, 9.17) is 11.6 Å². The molecule has 0 unspecified atom stereocenters. The van der Waals surface area contributed by atoms with Crippen LogP contribution in [0.5, 0.6) is 0 Å². The molecule has 1 fully saturated rings. The van der Waals surface area contributed by atoms with Gasteiger partial charge in [-0.3, -0.25) is 4.98 Å². The number of fused-ring (bicyclic) bond motifs is 1. The van der Waals surface area contributed by atoms with Crippen LogP contribution >= 0.6 is 11.6 Å². The second-order valence-corrected chi connectivity index (χ2v) is 7.18. The van der Waals surface area contributed by atoms with Crippen LogP contribution in [0.3, 0.4) is 0 Å². The lowest BCUT2D eigenvalue weighted by Gasteiger charge is -2.37. The number of anilines is 1. The molecule has 0 atom stereocenters. The number of nitrogens with zero attached hydrogens (tertiary/aromatic N) is 3. The first-order valence-electron chi connectivity index (χ1n) is 9.45. The summed E-state index contributed by atoms with van der Waals surface area (Å²) >= 11 is 6.06. The molecule has 2 aromatic rings. The van der Waals surface area contributed by atoms with Gasteiger partial charge in [-0.1, -0.05) is 25.4 Å². The molecule has 0 amide bonds. The van der Waals surface area contributed by atoms with Gasteiger partial charge in [0.05, 0.1) is 5.52 Å². The maximum absolute atomic E-state index is 6.06. The van der Waals surface area contributed by atoms with Gasteiger partial charge < -0.3 is 15.1 Å². The summed E-state index contributed by atoms with van der Waals surface area (Å²) in [6.45, 7) is 11.3. The predicted octanol–water partition coefficient (Wildman–Crippen LogP) is 4.11. The standard InChI is InChI=1S/C20H29ClN4/c1-3-25(4-2)17-8-12-24(13-9-17)14-11-23-19-7-10-22-20-15-16(21)5-6-18(19)20/h5-7,10,15,17H,3-4,8-9,11-14H2,1-2H3,(H,22,23). The van der Waals surface area contributed by atoms with E-state index in [0.29, 0.717) is 0 Å². The smallest absolute Gasteiger partial charge is 0.0737 e. The topological polar surface area (TPSA) is 31.4 Å². The van der Waals surface area contributed by atoms with Crippen molar-refractivity contribution < 1.29 is 0 Å². The largest absolute Gasteiger partial charge is 0.383 e. The van der Waals surface area contributed by atoms with Crippen molar-refractivity contribution in [1.29, 1.82) is 0 Å². The van der Waals surface area contributed by atoms with E-state index >= 15 is 0 Å². The molecule has 4 nitrogen and oxygen atoms in total. The lowest BCUT2D eigenvalue weighted by atomic mass is 10.0. The van der Waals surface area contributed by atoms with E-state index in [1.54, 1.807) is 0 Å². The Morgan fingerprint density at radius 2 is 1.96 bits per heavy atom. The van der Waals surface area contributed by atoms with Gasteiger partial charge in [0.15, 0.2) is 0 Å². The number of halogens is 1. The molecule has 0 spiro atoms. The Morgan fingerprint density at radius 1 is 1.20 bits per heavy atom. The Labute approximate surface area is 156 Å². The minimum atomic E-state index is 0.730. The van der Waals surface area contributed by atoms with Gasteiger partial charge in [0.2, 0.25) is 0 Å². The predicted molar refractivity (Wildman–Crippen MR) is 108 cm³/mol. The fourth-order valence-corrected chi connectivity index (χ4v) is 4.04. The molecule has 1 N–H and O–H groups in total. The fraction of sp³-hybridized carbons (Fsp3) is 0.550. The molecule has 1 aliphatic heterocycles. The summed E-state index contributed by atoms with van der Waals surface area (Å²) in [7, 11) is 0. The zero-order valence-corrected chi connectivity index (χ0v) is 16.1. The quantitative estimate of drug-likeness (QED) is 0.805. The third-order valence-corrected chi connectivity index (χ3v) is 5.57. The number of hydrogen-bond acceptors (Lipinski definition) is 4. The van der Waals surface area contributed by atoms with Gasteiger partial charge in [-0.25, -0.2) is 0 Å². The van der Waals surface area contributed by atoms with Gasteiger partial charge in [-0.15, -0.1) is 0 Å². The van der Waals surface area contributed by atoms with Gasteiger partial charge in [0, 0.05) is 41.4 Å². The fourth-order valence-electron chi connectivity index (χ4n) is 3.87. The number of rotatable bonds is 7. The molecular weight excluding hydrogens is 332 g/mol. The van der Waals surface area contributed by atoms with E-state index in [2.05, 4.69) is 33.9 Å². The third kappa shape index (κ3) is 4.63. The van der Waals surface area contributed by atoms with Gasteiger partial charge in [0.1, 0.15) is 0 Å². The first-order valence-corrected chi connectivity index (χ1v) is 9.83. The number of piperidine rings is 1. The summed E-state index contributed by atoms with van der Waals surface area (Å²) in [4.78, 5) is 9.58. The van der Waals surface area contributed by atoms with E-state index < -0.39 is 0 Å². The summed E-state index contributed by atoms with van der Waals surface area (Å²) in [6, 6.07) is 8.70. The van der Waals surface area contributed by atoms with Gasteiger partial charge in [-0.05, 0) is 63.3 Å². The van der Waals surface area contributed by atoms with Crippen molar-refractivity contribution in [2.75, 3.05) is 44.6 Å². The second-order valence-electron chi connectivity index (χ2n) is 6.74. The molecule has 5 heteroatoms. The Balaban J connectivity index is 1.50. The summed E-state index contributed by atoms with van der Waals surface area (Å²) in [5.74, 6) is 0. The molecule has 25 heavy (non-hydrogen) atoms. The Hall–Kier alpha value is -1.36. The molecule has 1 aliphatic rings. The molecule has 1 saturated heterocycles. The summed E-state index contributed by atoms with van der Waals surface area (Å²) in [5.41, 5.74) is 2.08. The van der Waals surface area contributed by atoms with E-state index in [0.717, 1.165) is 40.7 Å². The second kappa shape index (κ2) is 8.84. The number of aromatic nitrogens is 1. The Kier molecular flexibility index (Phi) is 6.51. The Bertz CT molecular complexity index is 678. The zero-order valence-electron chi connectivity index (χ0n) is 15.3. The highest BCUT2D eigenvalue weighted by atomic mass is 35.5. The maximum Gasteiger partial charge on any atom is 0.0737 e. The minimum Gasteiger partial charge on any atom is -0.383 e. The zero-order chi connectivity index (χ0) is 17.6. The van der Waals surface area contributed by atoms with Crippen LogP contribution in [0.2, 0.25) is 5.02 Å². The first-order chi connectivity index (χ1) is 12.2. The highest BCUT2D eigenvalue weighted by Gasteiger charge is 2.22. The van der Waals surface area contributed by atoms with Gasteiger partial charge >= 0.3 is 0 Å². The first kappa shape index (κ1) is 18.4. The van der Waals surface area contributed by atoms with Crippen molar-refractivity contribution in [3.05, 3.63) is 35.5 Å². The molecule has 3 rings (SSSR count). The third-order valence-electron chi connectivity index (χ3n) is 5.33. The maximum atomic E-state index is 6.06. The lowest BCUT2D eigenvalue weighted by molar-refractivity contribution is 0.119. The van der Waals surface area contributed by atoms with Crippen LogP contribution in [0.15, 0.2) is 30.5 Å². The number of hydrogen-bond donors (Lipinski definition) is 1. The molecular formula is C20H29ClN4. The van der Waals surface area contributed by atoms with Crippen molar-refractivity contribution >= 4 is 28.2 Å². The Morgan fingerprint density at radius 3 is 2.68 bits per heavy atom. The molecule has 0 saturated carbocycles. The number of likely N-dealkylation sites (tertiary alicyclic amines) is 1. The van der Waals surface area contributed by atoms with Crippen LogP contribution in [0.25, 0.3) is 10.9 Å². The number of benzene rings is 1. The van der Waals surface area contributed by atoms with Crippen LogP contribution in [0.1, 0.15) is 26.7 Å². The van der Waals surface area contributed by atoms with Crippen molar-refractivity contribution in [2.24, 2.45) is 0 Å². The summed E-state index contributed by atoms with van der Waals surface area (Å²) in [6.07, 6.45) is 4.42. The van der Waals surface area contributed by atoms with Gasteiger partial charge in [-0.2, -0.15) is 0 Å². The molecule has 1 aromatic heterocycles. The lowest BCUT2D eigenvalue weighted by Crippen LogP contribution is -2.45. The van der Waals surface area contributed by atoms with Crippen molar-refractivity contribution in [3.8, 4) is 0 Å². The summed E-state index contributed by atoms with van der Waals surface area (Å²) in [5, 5.41) is 5.44. The SMILES string of the molecule is CCN(CC)C1CCN(CCNc2ccnc3cc(Cl)ccc23)CC1. The average molecular weight is 361 g/mol. The molecule has 0 radical (unpaired) electrons. The molecule has 1 aromatic carbocycles. The normalized spacial score (nSPS) is 16.6. The van der Waals surface area contributed by atoms with Gasteiger partial charge in [0.25, 0.3) is 0 Å².